The van der Waals surface area contributed by atoms with Crippen molar-refractivity contribution in [3.63, 3.8) is 0 Å². The normalized spacial score (nSPS) is 25.2. The van der Waals surface area contributed by atoms with Crippen molar-refractivity contribution in [3.8, 4) is 5.75 Å². The lowest BCUT2D eigenvalue weighted by atomic mass is 9.95. The third kappa shape index (κ3) is 3.78. The number of aromatic hydroxyl groups is 1. The Kier molecular flexibility index (Phi) is 5.26. The quantitative estimate of drug-likeness (QED) is 0.458. The first-order valence-electron chi connectivity index (χ1n) is 9.58. The van der Waals surface area contributed by atoms with Crippen LogP contribution in [0.4, 0.5) is 0 Å². The van der Waals surface area contributed by atoms with Crippen molar-refractivity contribution in [2.75, 3.05) is 0 Å². The van der Waals surface area contributed by atoms with Gasteiger partial charge in [-0.25, -0.2) is 4.79 Å². The van der Waals surface area contributed by atoms with Crippen LogP contribution in [0.3, 0.4) is 0 Å². The fraction of sp³-hybridized carbons (Fsp3) is 0.333. The number of benzene rings is 1. The molecular formula is C21H21N3O6S. The zero-order chi connectivity index (χ0) is 22.3. The summed E-state index contributed by atoms with van der Waals surface area (Å²) in [7, 11) is 0. The second kappa shape index (κ2) is 7.77. The highest BCUT2D eigenvalue weighted by Gasteiger charge is 2.64. The fourth-order valence-electron chi connectivity index (χ4n) is 3.85. The summed E-state index contributed by atoms with van der Waals surface area (Å²) in [5.74, 6) is -1.50. The van der Waals surface area contributed by atoms with E-state index < -0.39 is 46.0 Å². The van der Waals surface area contributed by atoms with Crippen LogP contribution < -0.4 is 5.32 Å². The second-order valence-corrected chi connectivity index (χ2v) is 9.64. The van der Waals surface area contributed by atoms with Crippen molar-refractivity contribution in [3.05, 3.63) is 54.0 Å². The number of furan rings is 1. The van der Waals surface area contributed by atoms with E-state index in [1.807, 2.05) is 0 Å². The van der Waals surface area contributed by atoms with Crippen molar-refractivity contribution >= 4 is 35.8 Å². The van der Waals surface area contributed by atoms with Gasteiger partial charge in [-0.15, -0.1) is 11.8 Å². The molecule has 2 amide bonds. The molecule has 1 aromatic carbocycles. The summed E-state index contributed by atoms with van der Waals surface area (Å²) in [4.78, 5) is 43.1. The maximum Gasteiger partial charge on any atom is 0.327 e. The molecule has 0 aliphatic carbocycles. The monoisotopic (exact) mass is 443 g/mol. The first kappa shape index (κ1) is 21.0. The number of aliphatic carboxylic acids is 1. The zero-order valence-electron chi connectivity index (χ0n) is 16.8. The number of hydrogen-bond acceptors (Lipinski definition) is 7. The van der Waals surface area contributed by atoms with Gasteiger partial charge in [0.15, 0.2) is 6.04 Å². The van der Waals surface area contributed by atoms with Crippen molar-refractivity contribution in [1.82, 2.24) is 10.2 Å². The van der Waals surface area contributed by atoms with Gasteiger partial charge in [-0.3, -0.25) is 14.6 Å². The maximum absolute atomic E-state index is 13.1. The molecule has 4 atom stereocenters. The van der Waals surface area contributed by atoms with E-state index in [9.17, 15) is 24.6 Å². The van der Waals surface area contributed by atoms with E-state index in [1.165, 1.54) is 41.3 Å². The average molecular weight is 443 g/mol. The number of phenols is 1. The molecule has 0 spiro atoms. The first-order valence-corrected chi connectivity index (χ1v) is 10.5. The largest absolute Gasteiger partial charge is 0.508 e. The van der Waals surface area contributed by atoms with Crippen LogP contribution >= 0.6 is 11.8 Å². The maximum atomic E-state index is 13.1. The van der Waals surface area contributed by atoms with E-state index >= 15 is 0 Å². The number of β-lactam (4-membered cyclic amide) rings is 1. The fourth-order valence-corrected chi connectivity index (χ4v) is 5.48. The number of carboxylic acids is 1. The Hall–Kier alpha value is -3.27. The summed E-state index contributed by atoms with van der Waals surface area (Å²) in [5.41, 5.74) is 0.518. The van der Waals surface area contributed by atoms with E-state index in [-0.39, 0.29) is 5.75 Å². The van der Waals surface area contributed by atoms with E-state index in [4.69, 9.17) is 4.42 Å². The average Bonchev–Trinajstić information content (AvgIpc) is 3.31. The highest BCUT2D eigenvalue weighted by Crippen LogP contribution is 2.50. The topological polar surface area (TPSA) is 132 Å². The van der Waals surface area contributed by atoms with Crippen LogP contribution in [0.1, 0.15) is 31.2 Å². The molecule has 2 saturated heterocycles. The van der Waals surface area contributed by atoms with Gasteiger partial charge in [0.25, 0.3) is 0 Å². The Morgan fingerprint density at radius 2 is 2.00 bits per heavy atom. The predicted molar refractivity (Wildman–Crippen MR) is 113 cm³/mol. The molecule has 2 aliphatic heterocycles. The van der Waals surface area contributed by atoms with Crippen molar-refractivity contribution in [1.29, 1.82) is 0 Å². The molecule has 0 unspecified atom stereocenters. The SMILES string of the molecule is CC1(C)S[C@@H]2[C@H](NC(=O)[C@H](N=Cc3ccco3)c3ccc(O)cc3)C(=O)N2[C@H]1C(=O)O. The molecule has 2 aromatic rings. The highest BCUT2D eigenvalue weighted by atomic mass is 32.2. The van der Waals surface area contributed by atoms with Crippen LogP contribution in [0.5, 0.6) is 5.75 Å². The molecule has 162 valence electrons. The van der Waals surface area contributed by atoms with Crippen LogP contribution in [0.15, 0.2) is 52.1 Å². The predicted octanol–water partition coefficient (Wildman–Crippen LogP) is 1.78. The minimum absolute atomic E-state index is 0.0482. The Balaban J connectivity index is 1.55. The Morgan fingerprint density at radius 1 is 1.29 bits per heavy atom. The van der Waals surface area contributed by atoms with Crippen LogP contribution in [0.25, 0.3) is 0 Å². The van der Waals surface area contributed by atoms with Gasteiger partial charge >= 0.3 is 5.97 Å². The summed E-state index contributed by atoms with van der Waals surface area (Å²) in [6.45, 7) is 3.54. The lowest BCUT2D eigenvalue weighted by molar-refractivity contribution is -0.161. The molecule has 2 fully saturated rings. The number of thioether (sulfide) groups is 1. The van der Waals surface area contributed by atoms with Gasteiger partial charge in [-0.1, -0.05) is 12.1 Å². The van der Waals surface area contributed by atoms with Gasteiger partial charge in [0.1, 0.15) is 29.0 Å². The van der Waals surface area contributed by atoms with Gasteiger partial charge in [-0.2, -0.15) is 0 Å². The zero-order valence-corrected chi connectivity index (χ0v) is 17.6. The number of carboxylic acid groups (broad SMARTS) is 1. The van der Waals surface area contributed by atoms with Crippen molar-refractivity contribution in [2.45, 2.75) is 42.1 Å². The van der Waals surface area contributed by atoms with Gasteiger partial charge in [0.05, 0.1) is 12.5 Å². The Morgan fingerprint density at radius 3 is 2.61 bits per heavy atom. The highest BCUT2D eigenvalue weighted by molar-refractivity contribution is 8.01. The first-order chi connectivity index (χ1) is 14.7. The van der Waals surface area contributed by atoms with Gasteiger partial charge < -0.3 is 24.8 Å². The number of carbonyl (C=O) groups excluding carboxylic acids is 2. The van der Waals surface area contributed by atoms with Gasteiger partial charge in [0.2, 0.25) is 11.8 Å². The summed E-state index contributed by atoms with van der Waals surface area (Å²) in [5, 5.41) is 21.4. The molecule has 10 heteroatoms. The number of phenolic OH excluding ortho intramolecular Hbond substituents is 1. The van der Waals surface area contributed by atoms with Crippen molar-refractivity contribution in [2.24, 2.45) is 4.99 Å². The minimum Gasteiger partial charge on any atom is -0.508 e. The molecule has 4 rings (SSSR count). The van der Waals surface area contributed by atoms with E-state index in [0.29, 0.717) is 11.3 Å². The van der Waals surface area contributed by atoms with Crippen LogP contribution in [0, 0.1) is 0 Å². The molecule has 3 N–H and O–H groups in total. The van der Waals surface area contributed by atoms with Crippen LogP contribution in [-0.2, 0) is 14.4 Å². The number of rotatable bonds is 6. The molecule has 2 aliphatic rings. The standard InChI is InChI=1S/C21H21N3O6S/c1-21(2)16(20(28)29)24-18(27)15(19(24)31-21)23-17(26)14(11-5-7-12(25)8-6-11)22-10-13-4-3-9-30-13/h3-10,14-16,19,25H,1-2H3,(H,23,26)(H,28,29)/t14-,15-,16+,19-/m1/s1. The molecule has 9 nitrogen and oxygen atoms in total. The summed E-state index contributed by atoms with van der Waals surface area (Å²) < 4.78 is 4.54. The molecular weight excluding hydrogens is 422 g/mol. The number of aliphatic imine (C=N–C) groups is 1. The third-order valence-corrected chi connectivity index (χ3v) is 6.90. The summed E-state index contributed by atoms with van der Waals surface area (Å²) >= 11 is 1.35. The smallest absolute Gasteiger partial charge is 0.327 e. The van der Waals surface area contributed by atoms with E-state index in [0.717, 1.165) is 0 Å². The summed E-state index contributed by atoms with van der Waals surface area (Å²) in [6.07, 6.45) is 2.90. The molecule has 31 heavy (non-hydrogen) atoms. The van der Waals surface area contributed by atoms with Crippen LogP contribution in [-0.4, -0.2) is 61.3 Å². The van der Waals surface area contributed by atoms with Crippen molar-refractivity contribution < 1.29 is 29.0 Å². The van der Waals surface area contributed by atoms with Crippen LogP contribution in [0.2, 0.25) is 0 Å². The number of nitrogens with one attached hydrogen (secondary N) is 1. The molecule has 0 saturated carbocycles. The molecule has 0 radical (unpaired) electrons. The lowest BCUT2D eigenvalue weighted by Crippen LogP contribution is -2.70. The molecule has 3 heterocycles. The number of carbonyl (C=O) groups is 3. The summed E-state index contributed by atoms with van der Waals surface area (Å²) in [6, 6.07) is 6.64. The lowest BCUT2D eigenvalue weighted by Gasteiger charge is -2.43. The Bertz CT molecular complexity index is 1030. The number of nitrogens with zero attached hydrogens (tertiary/aromatic N) is 2. The van der Waals surface area contributed by atoms with E-state index in [1.54, 1.807) is 38.1 Å². The minimum atomic E-state index is -1.07. The molecule has 1 aromatic heterocycles. The van der Waals surface area contributed by atoms with E-state index in [2.05, 4.69) is 10.3 Å². The number of hydrogen-bond donors (Lipinski definition) is 3. The molecule has 0 bridgehead atoms. The third-order valence-electron chi connectivity index (χ3n) is 5.32. The number of fused-ring (bicyclic) bond motifs is 1. The van der Waals surface area contributed by atoms with Gasteiger partial charge in [0, 0.05) is 4.75 Å². The Labute approximate surface area is 182 Å². The second-order valence-electron chi connectivity index (χ2n) is 7.87. The van der Waals surface area contributed by atoms with Gasteiger partial charge in [-0.05, 0) is 43.7 Å². The number of amides is 2.